The zero-order valence-corrected chi connectivity index (χ0v) is 18.5. The van der Waals surface area contributed by atoms with E-state index in [0.717, 1.165) is 17.5 Å². The highest BCUT2D eigenvalue weighted by molar-refractivity contribution is 6.32. The highest BCUT2D eigenvalue weighted by atomic mass is 35.5. The molecule has 2 amide bonds. The minimum Gasteiger partial charge on any atom is -0.423 e. The Morgan fingerprint density at radius 3 is 2.00 bits per heavy atom. The lowest BCUT2D eigenvalue weighted by Gasteiger charge is -2.37. The van der Waals surface area contributed by atoms with Crippen LogP contribution in [0.25, 0.3) is 0 Å². The van der Waals surface area contributed by atoms with E-state index in [2.05, 4.69) is 12.2 Å². The SMILES string of the molecule is Cc1cc(OC(=O)c2ccc(N3C(=O)C4C5C=CC(C6CC56)C4C3=O)cc2)cc(C)c1Cl. The molecule has 1 saturated heterocycles. The Morgan fingerprint density at radius 2 is 1.47 bits per heavy atom. The molecule has 5 nitrogen and oxygen atoms in total. The summed E-state index contributed by atoms with van der Waals surface area (Å²) in [4.78, 5) is 40.4. The Bertz CT molecular complexity index is 1160. The molecular weight excluding hydrogens is 426 g/mol. The molecule has 0 radical (unpaired) electrons. The first-order chi connectivity index (χ1) is 15.3. The number of carbonyl (C=O) groups excluding carboxylic acids is 3. The average molecular weight is 448 g/mol. The summed E-state index contributed by atoms with van der Waals surface area (Å²) in [6.45, 7) is 3.71. The van der Waals surface area contributed by atoms with Crippen LogP contribution in [0.4, 0.5) is 5.69 Å². The number of aryl methyl sites for hydroxylation is 2. The molecule has 32 heavy (non-hydrogen) atoms. The number of allylic oxidation sites excluding steroid dienone is 2. The fourth-order valence-corrected chi connectivity index (χ4v) is 6.20. The van der Waals surface area contributed by atoms with E-state index in [1.165, 1.54) is 4.90 Å². The predicted molar refractivity (Wildman–Crippen MR) is 120 cm³/mol. The van der Waals surface area contributed by atoms with Crippen LogP contribution in [0.3, 0.4) is 0 Å². The van der Waals surface area contributed by atoms with Gasteiger partial charge in [0.1, 0.15) is 5.75 Å². The Labute approximate surface area is 191 Å². The van der Waals surface area contributed by atoms with E-state index in [4.69, 9.17) is 16.3 Å². The predicted octanol–water partition coefficient (Wildman–Crippen LogP) is 4.73. The monoisotopic (exact) mass is 447 g/mol. The van der Waals surface area contributed by atoms with Gasteiger partial charge in [-0.15, -0.1) is 0 Å². The molecule has 0 aromatic heterocycles. The van der Waals surface area contributed by atoms with Crippen molar-refractivity contribution in [2.75, 3.05) is 4.90 Å². The third kappa shape index (κ3) is 2.73. The first-order valence-electron chi connectivity index (χ1n) is 11.0. The second kappa shape index (κ2) is 6.79. The van der Waals surface area contributed by atoms with Crippen molar-refractivity contribution < 1.29 is 19.1 Å². The summed E-state index contributed by atoms with van der Waals surface area (Å²) in [6, 6.07) is 9.94. The van der Waals surface area contributed by atoms with Crippen LogP contribution in [0.2, 0.25) is 5.02 Å². The minimum absolute atomic E-state index is 0.104. The van der Waals surface area contributed by atoms with Gasteiger partial charge < -0.3 is 4.74 Å². The number of benzene rings is 2. The zero-order valence-electron chi connectivity index (χ0n) is 17.7. The van der Waals surface area contributed by atoms with Gasteiger partial charge >= 0.3 is 5.97 Å². The van der Waals surface area contributed by atoms with Crippen LogP contribution in [-0.4, -0.2) is 17.8 Å². The number of ether oxygens (including phenoxy) is 1. The van der Waals surface area contributed by atoms with Crippen molar-refractivity contribution in [2.45, 2.75) is 20.3 Å². The van der Waals surface area contributed by atoms with Crippen LogP contribution in [0.15, 0.2) is 48.6 Å². The number of hydrogen-bond acceptors (Lipinski definition) is 4. The molecule has 1 heterocycles. The summed E-state index contributed by atoms with van der Waals surface area (Å²) in [5.41, 5.74) is 2.52. The molecule has 2 aromatic rings. The molecule has 3 fully saturated rings. The second-order valence-corrected chi connectivity index (χ2v) is 9.85. The van der Waals surface area contributed by atoms with E-state index in [0.29, 0.717) is 33.9 Å². The van der Waals surface area contributed by atoms with Crippen LogP contribution in [0.1, 0.15) is 27.9 Å². The van der Waals surface area contributed by atoms with Gasteiger partial charge in [-0.05, 0) is 91.5 Å². The molecule has 0 N–H and O–H groups in total. The summed E-state index contributed by atoms with van der Waals surface area (Å²) < 4.78 is 5.50. The largest absolute Gasteiger partial charge is 0.423 e. The van der Waals surface area contributed by atoms with Crippen molar-refractivity contribution >= 4 is 35.1 Å². The standard InChI is InChI=1S/C26H22ClNO4/c1-12-9-16(10-13(2)23(12)27)32-26(31)14-3-5-15(6-4-14)28-24(29)21-17-7-8-18(20-11-19(17)20)22(21)25(28)30/h3-10,17-22H,11H2,1-2H3. The molecule has 2 bridgehead atoms. The Balaban J connectivity index is 1.22. The van der Waals surface area contributed by atoms with Gasteiger partial charge in [-0.25, -0.2) is 4.79 Å². The molecule has 2 saturated carbocycles. The molecule has 4 aliphatic carbocycles. The second-order valence-electron chi connectivity index (χ2n) is 9.47. The zero-order chi connectivity index (χ0) is 22.3. The van der Waals surface area contributed by atoms with Crippen molar-refractivity contribution in [1.29, 1.82) is 0 Å². The number of rotatable bonds is 3. The van der Waals surface area contributed by atoms with Gasteiger partial charge in [-0.2, -0.15) is 0 Å². The van der Waals surface area contributed by atoms with E-state index >= 15 is 0 Å². The lowest BCUT2D eigenvalue weighted by atomic mass is 9.63. The topological polar surface area (TPSA) is 63.7 Å². The number of nitrogens with zero attached hydrogens (tertiary/aromatic N) is 1. The third-order valence-corrected chi connectivity index (χ3v) is 8.24. The summed E-state index contributed by atoms with van der Waals surface area (Å²) >= 11 is 6.18. The first kappa shape index (κ1) is 19.7. The fourth-order valence-electron chi connectivity index (χ4n) is 6.09. The molecule has 0 spiro atoms. The number of carbonyl (C=O) groups is 3. The Hall–Kier alpha value is -2.92. The van der Waals surface area contributed by atoms with Crippen LogP contribution in [-0.2, 0) is 9.59 Å². The van der Waals surface area contributed by atoms with E-state index in [-0.39, 0.29) is 35.5 Å². The van der Waals surface area contributed by atoms with Gasteiger partial charge in [0.05, 0.1) is 23.1 Å². The van der Waals surface area contributed by atoms with Crippen LogP contribution in [0.5, 0.6) is 5.75 Å². The first-order valence-corrected chi connectivity index (χ1v) is 11.4. The van der Waals surface area contributed by atoms with E-state index in [1.807, 2.05) is 13.8 Å². The summed E-state index contributed by atoms with van der Waals surface area (Å²) in [7, 11) is 0. The third-order valence-electron chi connectivity index (χ3n) is 7.64. The maximum atomic E-state index is 13.2. The number of halogens is 1. The van der Waals surface area contributed by atoms with Crippen molar-refractivity contribution in [3.05, 3.63) is 70.3 Å². The number of anilines is 1. The van der Waals surface area contributed by atoms with Gasteiger partial charge in [-0.3, -0.25) is 14.5 Å². The lowest BCUT2D eigenvalue weighted by molar-refractivity contribution is -0.124. The van der Waals surface area contributed by atoms with E-state index in [9.17, 15) is 14.4 Å². The summed E-state index contributed by atoms with van der Waals surface area (Å²) in [5, 5.41) is 0.649. The van der Waals surface area contributed by atoms with Gasteiger partial charge in [0.2, 0.25) is 11.8 Å². The number of imide groups is 1. The summed E-state index contributed by atoms with van der Waals surface area (Å²) in [6.07, 6.45) is 5.46. The van der Waals surface area contributed by atoms with Gasteiger partial charge in [0.15, 0.2) is 0 Å². The quantitative estimate of drug-likeness (QED) is 0.295. The molecule has 6 unspecified atom stereocenters. The van der Waals surface area contributed by atoms with Gasteiger partial charge in [0, 0.05) is 5.02 Å². The maximum Gasteiger partial charge on any atom is 0.343 e. The normalized spacial score (nSPS) is 31.5. The highest BCUT2D eigenvalue weighted by Crippen LogP contribution is 2.65. The van der Waals surface area contributed by atoms with Gasteiger partial charge in [-0.1, -0.05) is 23.8 Å². The molecular formula is C26H22ClNO4. The smallest absolute Gasteiger partial charge is 0.343 e. The molecule has 162 valence electrons. The molecule has 6 heteroatoms. The molecule has 2 aromatic carbocycles. The number of esters is 1. The minimum atomic E-state index is -0.507. The van der Waals surface area contributed by atoms with Gasteiger partial charge in [0.25, 0.3) is 0 Å². The average Bonchev–Trinajstić information content (AvgIpc) is 3.55. The van der Waals surface area contributed by atoms with Crippen LogP contribution >= 0.6 is 11.6 Å². The summed E-state index contributed by atoms with van der Waals surface area (Å²) in [5.74, 6) is 0.764. The van der Waals surface area contributed by atoms with Crippen LogP contribution < -0.4 is 9.64 Å². The molecule has 6 atom stereocenters. The highest BCUT2D eigenvalue weighted by Gasteiger charge is 2.67. The lowest BCUT2D eigenvalue weighted by Crippen LogP contribution is -2.40. The Morgan fingerprint density at radius 1 is 0.938 bits per heavy atom. The van der Waals surface area contributed by atoms with E-state index < -0.39 is 5.97 Å². The Kier molecular flexibility index (Phi) is 4.19. The van der Waals surface area contributed by atoms with E-state index in [1.54, 1.807) is 36.4 Å². The molecule has 1 aliphatic heterocycles. The molecule has 5 aliphatic rings. The van der Waals surface area contributed by atoms with Crippen molar-refractivity contribution in [3.8, 4) is 5.75 Å². The maximum absolute atomic E-state index is 13.2. The number of hydrogen-bond donors (Lipinski definition) is 0. The fraction of sp³-hybridized carbons (Fsp3) is 0.346. The van der Waals surface area contributed by atoms with Crippen molar-refractivity contribution in [1.82, 2.24) is 0 Å². The van der Waals surface area contributed by atoms with Crippen molar-refractivity contribution in [3.63, 3.8) is 0 Å². The molecule has 7 rings (SSSR count). The number of amides is 2. The van der Waals surface area contributed by atoms with Crippen molar-refractivity contribution in [2.24, 2.45) is 35.5 Å². The van der Waals surface area contributed by atoms with Crippen LogP contribution in [0, 0.1) is 49.4 Å².